The van der Waals surface area contributed by atoms with Crippen molar-refractivity contribution in [1.29, 1.82) is 0 Å². The molecule has 0 amide bonds. The highest BCUT2D eigenvalue weighted by molar-refractivity contribution is 9.10. The average Bonchev–Trinajstić information content (AvgIpc) is 3.02. The number of aromatic nitrogens is 1. The van der Waals surface area contributed by atoms with Crippen LogP contribution in [0.2, 0.25) is 0 Å². The highest BCUT2D eigenvalue weighted by Gasteiger charge is 2.23. The summed E-state index contributed by atoms with van der Waals surface area (Å²) in [6.07, 6.45) is 2.13. The molecule has 23 heavy (non-hydrogen) atoms. The highest BCUT2D eigenvalue weighted by Crippen LogP contribution is 2.22. The van der Waals surface area contributed by atoms with Crippen LogP contribution in [0.1, 0.15) is 40.5 Å². The summed E-state index contributed by atoms with van der Waals surface area (Å²) in [5.74, 6) is -0.341. The molecule has 1 aliphatic rings. The van der Waals surface area contributed by atoms with E-state index in [0.29, 0.717) is 30.7 Å². The van der Waals surface area contributed by atoms with Gasteiger partial charge in [-0.25, -0.2) is 4.79 Å². The first kappa shape index (κ1) is 16.0. The summed E-state index contributed by atoms with van der Waals surface area (Å²) in [7, 11) is 0. The Kier molecular flexibility index (Phi) is 4.66. The third-order valence-corrected chi connectivity index (χ3v) is 4.88. The maximum atomic E-state index is 12.7. The van der Waals surface area contributed by atoms with Crippen LogP contribution in [0.15, 0.2) is 39.6 Å². The summed E-state index contributed by atoms with van der Waals surface area (Å²) < 4.78 is 7.85. The molecular weight excluding hydrogens is 358 g/mol. The molecule has 1 aromatic carbocycles. The molecule has 0 saturated carbocycles. The Bertz CT molecular complexity index is 810. The van der Waals surface area contributed by atoms with Gasteiger partial charge < -0.3 is 9.30 Å². The minimum Gasteiger partial charge on any atom is -0.462 e. The fourth-order valence-corrected chi connectivity index (χ4v) is 3.46. The van der Waals surface area contributed by atoms with Crippen molar-refractivity contribution in [2.24, 2.45) is 0 Å². The SMILES string of the molecule is CCOC(=O)c1cc(Cc2ccccc2Br)c(=O)n2c1CCC2. The number of rotatable bonds is 4. The van der Waals surface area contributed by atoms with E-state index in [2.05, 4.69) is 15.9 Å². The fourth-order valence-electron chi connectivity index (χ4n) is 3.03. The summed E-state index contributed by atoms with van der Waals surface area (Å²) in [4.78, 5) is 24.9. The van der Waals surface area contributed by atoms with Crippen LogP contribution >= 0.6 is 15.9 Å². The largest absolute Gasteiger partial charge is 0.462 e. The van der Waals surface area contributed by atoms with Crippen LogP contribution in [-0.4, -0.2) is 17.1 Å². The monoisotopic (exact) mass is 375 g/mol. The van der Waals surface area contributed by atoms with E-state index in [0.717, 1.165) is 28.6 Å². The van der Waals surface area contributed by atoms with E-state index in [1.807, 2.05) is 24.3 Å². The minimum absolute atomic E-state index is 0.00121. The Balaban J connectivity index is 2.07. The first-order valence-electron chi connectivity index (χ1n) is 7.78. The normalized spacial score (nSPS) is 13.0. The van der Waals surface area contributed by atoms with E-state index in [4.69, 9.17) is 4.74 Å². The highest BCUT2D eigenvalue weighted by atomic mass is 79.9. The average molecular weight is 376 g/mol. The molecule has 5 heteroatoms. The number of esters is 1. The fraction of sp³-hybridized carbons (Fsp3) is 0.333. The lowest BCUT2D eigenvalue weighted by atomic mass is 10.0. The maximum Gasteiger partial charge on any atom is 0.339 e. The van der Waals surface area contributed by atoms with Crippen LogP contribution in [0, 0.1) is 0 Å². The Morgan fingerprint density at radius 3 is 2.83 bits per heavy atom. The van der Waals surface area contributed by atoms with E-state index < -0.39 is 0 Å². The number of benzene rings is 1. The Hall–Kier alpha value is -1.88. The van der Waals surface area contributed by atoms with E-state index in [1.165, 1.54) is 0 Å². The van der Waals surface area contributed by atoms with Crippen LogP contribution in [0.3, 0.4) is 0 Å². The topological polar surface area (TPSA) is 48.3 Å². The number of halogens is 1. The Labute approximate surface area is 143 Å². The van der Waals surface area contributed by atoms with Crippen molar-refractivity contribution < 1.29 is 9.53 Å². The number of nitrogens with zero attached hydrogens (tertiary/aromatic N) is 1. The predicted octanol–water partition coefficient (Wildman–Crippen LogP) is 3.32. The molecule has 0 atom stereocenters. The number of ether oxygens (including phenoxy) is 1. The number of hydrogen-bond donors (Lipinski definition) is 0. The quantitative estimate of drug-likeness (QED) is 0.770. The first-order valence-corrected chi connectivity index (χ1v) is 8.57. The molecule has 1 aromatic heterocycles. The number of carbonyl (C=O) groups is 1. The van der Waals surface area contributed by atoms with Gasteiger partial charge in [-0.05, 0) is 37.5 Å². The molecule has 1 aliphatic heterocycles. The maximum absolute atomic E-state index is 12.7. The number of fused-ring (bicyclic) bond motifs is 1. The zero-order valence-electron chi connectivity index (χ0n) is 13.0. The Morgan fingerprint density at radius 2 is 2.09 bits per heavy atom. The van der Waals surface area contributed by atoms with E-state index in [1.54, 1.807) is 17.6 Å². The molecule has 2 aromatic rings. The van der Waals surface area contributed by atoms with Gasteiger partial charge in [0.1, 0.15) is 0 Å². The number of pyridine rings is 1. The van der Waals surface area contributed by atoms with Crippen LogP contribution in [0.25, 0.3) is 0 Å². The van der Waals surface area contributed by atoms with Crippen molar-refractivity contribution in [2.75, 3.05) is 6.61 Å². The van der Waals surface area contributed by atoms with Crippen LogP contribution in [0.4, 0.5) is 0 Å². The van der Waals surface area contributed by atoms with Crippen molar-refractivity contribution >= 4 is 21.9 Å². The van der Waals surface area contributed by atoms with Gasteiger partial charge in [-0.2, -0.15) is 0 Å². The summed E-state index contributed by atoms with van der Waals surface area (Å²) in [6, 6.07) is 9.53. The van der Waals surface area contributed by atoms with Gasteiger partial charge in [-0.3, -0.25) is 4.79 Å². The molecule has 0 radical (unpaired) electrons. The molecule has 3 rings (SSSR count). The molecule has 4 nitrogen and oxygen atoms in total. The van der Waals surface area contributed by atoms with Gasteiger partial charge in [-0.1, -0.05) is 34.1 Å². The lowest BCUT2D eigenvalue weighted by molar-refractivity contribution is 0.0524. The van der Waals surface area contributed by atoms with Crippen LogP contribution < -0.4 is 5.56 Å². The molecule has 0 saturated heterocycles. The van der Waals surface area contributed by atoms with Gasteiger partial charge in [0.2, 0.25) is 0 Å². The van der Waals surface area contributed by atoms with Crippen molar-refractivity contribution in [3.8, 4) is 0 Å². The molecular formula is C18H18BrNO3. The van der Waals surface area contributed by atoms with Crippen LogP contribution in [0.5, 0.6) is 0 Å². The molecule has 0 bridgehead atoms. The first-order chi connectivity index (χ1) is 11.1. The molecule has 120 valence electrons. The van der Waals surface area contributed by atoms with Gasteiger partial charge in [0.25, 0.3) is 5.56 Å². The second kappa shape index (κ2) is 6.71. The number of hydrogen-bond acceptors (Lipinski definition) is 3. The summed E-state index contributed by atoms with van der Waals surface area (Å²) >= 11 is 3.51. The Morgan fingerprint density at radius 1 is 1.30 bits per heavy atom. The number of carbonyl (C=O) groups excluding carboxylic acids is 1. The van der Waals surface area contributed by atoms with Crippen LogP contribution in [-0.2, 0) is 24.1 Å². The third kappa shape index (κ3) is 3.11. The molecule has 0 fully saturated rings. The van der Waals surface area contributed by atoms with Crippen molar-refractivity contribution in [3.63, 3.8) is 0 Å². The molecule has 0 spiro atoms. The van der Waals surface area contributed by atoms with Gasteiger partial charge in [0.05, 0.1) is 12.2 Å². The second-order valence-corrected chi connectivity index (χ2v) is 6.43. The van der Waals surface area contributed by atoms with E-state index in [-0.39, 0.29) is 11.5 Å². The van der Waals surface area contributed by atoms with Gasteiger partial charge in [0.15, 0.2) is 0 Å². The van der Waals surface area contributed by atoms with Gasteiger partial charge in [-0.15, -0.1) is 0 Å². The third-order valence-electron chi connectivity index (χ3n) is 4.10. The van der Waals surface area contributed by atoms with Crippen molar-refractivity contribution in [1.82, 2.24) is 4.57 Å². The molecule has 0 N–H and O–H groups in total. The minimum atomic E-state index is -0.341. The molecule has 0 unspecified atom stereocenters. The zero-order chi connectivity index (χ0) is 16.4. The molecule has 0 aliphatic carbocycles. The smallest absolute Gasteiger partial charge is 0.339 e. The standard InChI is InChI=1S/C18H18BrNO3/c1-2-23-18(22)14-11-13(10-12-6-3-4-7-15(12)19)17(21)20-9-5-8-16(14)20/h3-4,6-7,11H,2,5,8-10H2,1H3. The van der Waals surface area contributed by atoms with E-state index in [9.17, 15) is 9.59 Å². The predicted molar refractivity (Wildman–Crippen MR) is 91.9 cm³/mol. The summed E-state index contributed by atoms with van der Waals surface area (Å²) in [6.45, 7) is 2.79. The van der Waals surface area contributed by atoms with Gasteiger partial charge in [0, 0.05) is 28.7 Å². The second-order valence-electron chi connectivity index (χ2n) is 5.58. The van der Waals surface area contributed by atoms with Crippen molar-refractivity contribution in [3.05, 3.63) is 67.5 Å². The zero-order valence-corrected chi connectivity index (χ0v) is 14.6. The van der Waals surface area contributed by atoms with E-state index >= 15 is 0 Å². The lowest BCUT2D eigenvalue weighted by Crippen LogP contribution is -2.26. The van der Waals surface area contributed by atoms with Gasteiger partial charge >= 0.3 is 5.97 Å². The summed E-state index contributed by atoms with van der Waals surface area (Å²) in [5, 5.41) is 0. The van der Waals surface area contributed by atoms with Crippen molar-refractivity contribution in [2.45, 2.75) is 32.7 Å². The summed E-state index contributed by atoms with van der Waals surface area (Å²) in [5.41, 5.74) is 3.00. The lowest BCUT2D eigenvalue weighted by Gasteiger charge is -2.13. The molecule has 2 heterocycles.